The fraction of sp³-hybridized carbons (Fsp3) is 0.429. The van der Waals surface area contributed by atoms with Crippen molar-refractivity contribution in [1.29, 1.82) is 0 Å². The predicted octanol–water partition coefficient (Wildman–Crippen LogP) is 1.61. The number of carbonyl (C=O) groups excluding carboxylic acids is 1. The SMILES string of the molecule is O=C(Nc1cccc(OCCF)c1)[C@@H]1CC[C@H](C(=O)O)O1. The van der Waals surface area contributed by atoms with Crippen molar-refractivity contribution in [3.63, 3.8) is 0 Å². The Bertz CT molecular complexity index is 522. The van der Waals surface area contributed by atoms with Gasteiger partial charge in [-0.25, -0.2) is 9.18 Å². The number of hydrogen-bond acceptors (Lipinski definition) is 4. The van der Waals surface area contributed by atoms with Gasteiger partial charge >= 0.3 is 5.97 Å². The fourth-order valence-corrected chi connectivity index (χ4v) is 2.05. The van der Waals surface area contributed by atoms with E-state index in [2.05, 4.69) is 5.32 Å². The molecule has 1 fully saturated rings. The molecule has 1 saturated heterocycles. The quantitative estimate of drug-likeness (QED) is 0.833. The first-order valence-electron chi connectivity index (χ1n) is 6.58. The first kappa shape index (κ1) is 15.2. The maximum Gasteiger partial charge on any atom is 0.332 e. The lowest BCUT2D eigenvalue weighted by molar-refractivity contribution is -0.150. The van der Waals surface area contributed by atoms with Gasteiger partial charge in [-0.15, -0.1) is 0 Å². The van der Waals surface area contributed by atoms with E-state index in [1.807, 2.05) is 0 Å². The highest BCUT2D eigenvalue weighted by molar-refractivity contribution is 5.94. The molecule has 1 aliphatic rings. The van der Waals surface area contributed by atoms with E-state index in [4.69, 9.17) is 14.6 Å². The molecule has 1 aromatic rings. The Balaban J connectivity index is 1.92. The van der Waals surface area contributed by atoms with Crippen LogP contribution in [0.2, 0.25) is 0 Å². The molecule has 0 spiro atoms. The molecule has 0 aromatic heterocycles. The Hall–Kier alpha value is -2.15. The molecule has 21 heavy (non-hydrogen) atoms. The largest absolute Gasteiger partial charge is 0.491 e. The van der Waals surface area contributed by atoms with Crippen LogP contribution in [0.15, 0.2) is 24.3 Å². The number of rotatable bonds is 6. The van der Waals surface area contributed by atoms with E-state index >= 15 is 0 Å². The maximum atomic E-state index is 12.0. The van der Waals surface area contributed by atoms with Gasteiger partial charge in [-0.1, -0.05) is 6.07 Å². The van der Waals surface area contributed by atoms with Crippen molar-refractivity contribution in [2.24, 2.45) is 0 Å². The lowest BCUT2D eigenvalue weighted by atomic mass is 10.2. The molecule has 1 heterocycles. The summed E-state index contributed by atoms with van der Waals surface area (Å²) in [5, 5.41) is 11.4. The van der Waals surface area contributed by atoms with E-state index in [1.165, 1.54) is 0 Å². The number of carboxylic acids is 1. The lowest BCUT2D eigenvalue weighted by Crippen LogP contribution is -2.29. The van der Waals surface area contributed by atoms with Crippen molar-refractivity contribution in [3.05, 3.63) is 24.3 Å². The second-order valence-electron chi connectivity index (χ2n) is 4.58. The number of carboxylic acid groups (broad SMARTS) is 1. The van der Waals surface area contributed by atoms with Crippen LogP contribution in [0.25, 0.3) is 0 Å². The molecule has 114 valence electrons. The Labute approximate surface area is 120 Å². The van der Waals surface area contributed by atoms with Gasteiger partial charge in [0.05, 0.1) is 0 Å². The molecule has 0 radical (unpaired) electrons. The minimum Gasteiger partial charge on any atom is -0.491 e. The van der Waals surface area contributed by atoms with Crippen molar-refractivity contribution in [2.45, 2.75) is 25.0 Å². The van der Waals surface area contributed by atoms with Crippen LogP contribution in [0.3, 0.4) is 0 Å². The number of benzene rings is 1. The normalized spacial score (nSPS) is 21.0. The van der Waals surface area contributed by atoms with Crippen LogP contribution in [0.1, 0.15) is 12.8 Å². The van der Waals surface area contributed by atoms with Crippen molar-refractivity contribution in [3.8, 4) is 5.75 Å². The molecular weight excluding hydrogens is 281 g/mol. The third-order valence-corrected chi connectivity index (χ3v) is 3.03. The number of nitrogens with one attached hydrogen (secondary N) is 1. The Morgan fingerprint density at radius 3 is 2.81 bits per heavy atom. The molecule has 2 rings (SSSR count). The summed E-state index contributed by atoms with van der Waals surface area (Å²) in [6, 6.07) is 6.54. The first-order valence-corrected chi connectivity index (χ1v) is 6.58. The Morgan fingerprint density at radius 2 is 2.14 bits per heavy atom. The topological polar surface area (TPSA) is 84.9 Å². The zero-order valence-electron chi connectivity index (χ0n) is 11.3. The third kappa shape index (κ3) is 4.16. The number of alkyl halides is 1. The highest BCUT2D eigenvalue weighted by atomic mass is 19.1. The molecule has 1 aromatic carbocycles. The van der Waals surface area contributed by atoms with Crippen molar-refractivity contribution < 1.29 is 28.6 Å². The second-order valence-corrected chi connectivity index (χ2v) is 4.58. The molecule has 2 atom stereocenters. The van der Waals surface area contributed by atoms with E-state index in [-0.39, 0.29) is 6.61 Å². The van der Waals surface area contributed by atoms with E-state index in [0.717, 1.165) is 0 Å². The van der Waals surface area contributed by atoms with Gasteiger partial charge < -0.3 is 19.9 Å². The minimum atomic E-state index is -1.06. The van der Waals surface area contributed by atoms with E-state index in [1.54, 1.807) is 24.3 Å². The average Bonchev–Trinajstić information content (AvgIpc) is 2.95. The average molecular weight is 297 g/mol. The monoisotopic (exact) mass is 297 g/mol. The summed E-state index contributed by atoms with van der Waals surface area (Å²) < 4.78 is 22.3. The van der Waals surface area contributed by atoms with Gasteiger partial charge in [-0.3, -0.25) is 4.79 Å². The summed E-state index contributed by atoms with van der Waals surface area (Å²) in [5.41, 5.74) is 0.485. The first-order chi connectivity index (χ1) is 10.1. The lowest BCUT2D eigenvalue weighted by Gasteiger charge is -2.12. The van der Waals surface area contributed by atoms with Crippen LogP contribution in [0, 0.1) is 0 Å². The van der Waals surface area contributed by atoms with Crippen LogP contribution in [0.5, 0.6) is 5.75 Å². The summed E-state index contributed by atoms with van der Waals surface area (Å²) in [5.74, 6) is -1.02. The van der Waals surface area contributed by atoms with Gasteiger partial charge in [0.2, 0.25) is 0 Å². The molecule has 7 heteroatoms. The fourth-order valence-electron chi connectivity index (χ4n) is 2.05. The zero-order valence-corrected chi connectivity index (χ0v) is 11.3. The molecule has 0 unspecified atom stereocenters. The number of anilines is 1. The van der Waals surface area contributed by atoms with Gasteiger partial charge in [-0.2, -0.15) is 0 Å². The van der Waals surface area contributed by atoms with Crippen molar-refractivity contribution in [1.82, 2.24) is 0 Å². The van der Waals surface area contributed by atoms with Gasteiger partial charge in [0.1, 0.15) is 25.1 Å². The summed E-state index contributed by atoms with van der Waals surface area (Å²) in [6.45, 7) is -0.646. The van der Waals surface area contributed by atoms with Crippen molar-refractivity contribution in [2.75, 3.05) is 18.6 Å². The highest BCUT2D eigenvalue weighted by Gasteiger charge is 2.34. The third-order valence-electron chi connectivity index (χ3n) is 3.03. The van der Waals surface area contributed by atoms with Gasteiger partial charge in [0, 0.05) is 11.8 Å². The molecule has 0 saturated carbocycles. The molecular formula is C14H16FNO5. The predicted molar refractivity (Wildman–Crippen MR) is 72.1 cm³/mol. The van der Waals surface area contributed by atoms with E-state index in [9.17, 15) is 14.0 Å². The van der Waals surface area contributed by atoms with Gasteiger partial charge in [0.25, 0.3) is 5.91 Å². The number of aliphatic carboxylic acids is 1. The number of halogens is 1. The van der Waals surface area contributed by atoms with E-state index < -0.39 is 30.8 Å². The Morgan fingerprint density at radius 1 is 1.38 bits per heavy atom. The molecule has 1 aliphatic heterocycles. The number of ether oxygens (including phenoxy) is 2. The summed E-state index contributed by atoms with van der Waals surface area (Å²) in [7, 11) is 0. The van der Waals surface area contributed by atoms with Crippen LogP contribution >= 0.6 is 0 Å². The molecule has 0 aliphatic carbocycles. The molecule has 1 amide bonds. The van der Waals surface area contributed by atoms with Gasteiger partial charge in [0.15, 0.2) is 6.10 Å². The zero-order chi connectivity index (χ0) is 15.2. The standard InChI is InChI=1S/C14H16FNO5/c15-6-7-20-10-3-1-2-9(8-10)16-13(17)11-4-5-12(21-11)14(18)19/h1-3,8,11-12H,4-7H2,(H,16,17)(H,18,19)/t11-,12+/m0/s1. The van der Waals surface area contributed by atoms with E-state index in [0.29, 0.717) is 24.3 Å². The van der Waals surface area contributed by atoms with Crippen LogP contribution in [-0.2, 0) is 14.3 Å². The Kier molecular flexibility index (Phi) is 5.10. The number of hydrogen-bond donors (Lipinski definition) is 2. The molecule has 6 nitrogen and oxygen atoms in total. The minimum absolute atomic E-state index is 0.0522. The number of carbonyl (C=O) groups is 2. The summed E-state index contributed by atoms with van der Waals surface area (Å²) in [6.07, 6.45) is -1.03. The van der Waals surface area contributed by atoms with Gasteiger partial charge in [-0.05, 0) is 25.0 Å². The summed E-state index contributed by atoms with van der Waals surface area (Å²) >= 11 is 0. The number of amides is 1. The van der Waals surface area contributed by atoms with Crippen molar-refractivity contribution >= 4 is 17.6 Å². The van der Waals surface area contributed by atoms with Crippen LogP contribution in [-0.4, -0.2) is 42.5 Å². The maximum absolute atomic E-state index is 12.0. The van der Waals surface area contributed by atoms with Crippen LogP contribution < -0.4 is 10.1 Å². The smallest absolute Gasteiger partial charge is 0.332 e. The van der Waals surface area contributed by atoms with Crippen LogP contribution in [0.4, 0.5) is 10.1 Å². The highest BCUT2D eigenvalue weighted by Crippen LogP contribution is 2.22. The second kappa shape index (κ2) is 7.03. The molecule has 2 N–H and O–H groups in total. The summed E-state index contributed by atoms with van der Waals surface area (Å²) in [4.78, 5) is 22.7. The molecule has 0 bridgehead atoms.